The number of nitrogens with zero attached hydrogens (tertiary/aromatic N) is 3. The lowest BCUT2D eigenvalue weighted by Gasteiger charge is -2.42. The molecule has 2 heterocycles. The largest absolute Gasteiger partial charge is 0.456 e. The van der Waals surface area contributed by atoms with Crippen LogP contribution in [0.2, 0.25) is 0 Å². The molecule has 4 nitrogen and oxygen atoms in total. The number of hydrogen-bond acceptors (Lipinski definition) is 4. The molecule has 54 heavy (non-hydrogen) atoms. The third-order valence-corrected chi connectivity index (χ3v) is 13.9. The highest BCUT2D eigenvalue weighted by Gasteiger charge is 2.33. The fraction of sp³-hybridized carbons (Fsp3) is 0. The molecule has 10 rings (SSSR count). The van der Waals surface area contributed by atoms with Crippen LogP contribution >= 0.6 is 10.0 Å². The first-order chi connectivity index (χ1) is 26.8. The van der Waals surface area contributed by atoms with Crippen molar-refractivity contribution in [2.24, 2.45) is 0 Å². The highest BCUT2D eigenvalue weighted by atomic mass is 32.3. The van der Waals surface area contributed by atoms with Crippen LogP contribution in [0.1, 0.15) is 0 Å². The van der Waals surface area contributed by atoms with Crippen molar-refractivity contribution in [3.63, 3.8) is 0 Å². The quantitative estimate of drug-likeness (QED) is 0.165. The lowest BCUT2D eigenvalue weighted by Crippen LogP contribution is -2.06. The maximum Gasteiger partial charge on any atom is 0.164 e. The molecular weight excluding hydrogens is 679 g/mol. The maximum atomic E-state index is 6.30. The van der Waals surface area contributed by atoms with Crippen LogP contribution in [0.4, 0.5) is 0 Å². The van der Waals surface area contributed by atoms with Gasteiger partial charge in [0, 0.05) is 47.0 Å². The minimum atomic E-state index is -1.92. The fourth-order valence-electron chi connectivity index (χ4n) is 7.56. The molecule has 0 saturated heterocycles. The molecule has 256 valence electrons. The lowest BCUT2D eigenvalue weighted by atomic mass is 10.0. The SMILES string of the molecule is c1ccc(S(c2ccccc2)(c2ccccc2)c2cccc(-c3nc(-c4ccc5ccccc5c4)nc(-c4cccc5oc6ccccc6c45)n3)c2)cc1. The summed E-state index contributed by atoms with van der Waals surface area (Å²) in [5.74, 6) is 1.82. The highest BCUT2D eigenvalue weighted by Crippen LogP contribution is 2.73. The van der Waals surface area contributed by atoms with Crippen LogP contribution in [0.25, 0.3) is 66.9 Å². The summed E-state index contributed by atoms with van der Waals surface area (Å²) in [6.07, 6.45) is 0. The van der Waals surface area contributed by atoms with Gasteiger partial charge < -0.3 is 4.42 Å². The van der Waals surface area contributed by atoms with Gasteiger partial charge in [0.2, 0.25) is 0 Å². The lowest BCUT2D eigenvalue weighted by molar-refractivity contribution is 0.669. The Morgan fingerprint density at radius 2 is 0.870 bits per heavy atom. The summed E-state index contributed by atoms with van der Waals surface area (Å²) in [7, 11) is -1.92. The van der Waals surface area contributed by atoms with E-state index < -0.39 is 10.0 Å². The zero-order valence-electron chi connectivity index (χ0n) is 29.2. The molecule has 0 bridgehead atoms. The van der Waals surface area contributed by atoms with E-state index in [-0.39, 0.29) is 0 Å². The second-order valence-corrected chi connectivity index (χ2v) is 16.3. The van der Waals surface area contributed by atoms with Crippen molar-refractivity contribution in [1.82, 2.24) is 15.0 Å². The molecule has 0 unspecified atom stereocenters. The van der Waals surface area contributed by atoms with Crippen molar-refractivity contribution in [2.45, 2.75) is 19.6 Å². The Morgan fingerprint density at radius 3 is 1.56 bits per heavy atom. The minimum Gasteiger partial charge on any atom is -0.456 e. The Bertz CT molecular complexity index is 2850. The van der Waals surface area contributed by atoms with Crippen molar-refractivity contribution in [3.05, 3.63) is 200 Å². The predicted octanol–water partition coefficient (Wildman–Crippen LogP) is 13.3. The molecule has 0 aliphatic heterocycles. The third kappa shape index (κ3) is 5.37. The topological polar surface area (TPSA) is 51.8 Å². The van der Waals surface area contributed by atoms with Gasteiger partial charge >= 0.3 is 0 Å². The molecule has 0 radical (unpaired) electrons. The number of benzene rings is 8. The molecule has 0 fully saturated rings. The highest BCUT2D eigenvalue weighted by molar-refractivity contribution is 8.34. The molecule has 0 aliphatic rings. The molecule has 2 aromatic heterocycles. The van der Waals surface area contributed by atoms with E-state index in [1.807, 2.05) is 30.3 Å². The number of furan rings is 1. The average Bonchev–Trinajstić information content (AvgIpc) is 3.64. The van der Waals surface area contributed by atoms with E-state index in [1.54, 1.807) is 0 Å². The number of aromatic nitrogens is 3. The molecule has 5 heteroatoms. The van der Waals surface area contributed by atoms with Crippen LogP contribution in [-0.2, 0) is 0 Å². The van der Waals surface area contributed by atoms with E-state index in [9.17, 15) is 0 Å². The number of fused-ring (bicyclic) bond motifs is 4. The summed E-state index contributed by atoms with van der Waals surface area (Å²) < 4.78 is 6.30. The minimum absolute atomic E-state index is 0.596. The summed E-state index contributed by atoms with van der Waals surface area (Å²) in [5.41, 5.74) is 4.38. The summed E-state index contributed by atoms with van der Waals surface area (Å²) in [5, 5.41) is 4.32. The molecule has 10 aromatic rings. The first-order valence-electron chi connectivity index (χ1n) is 18.0. The maximum absolute atomic E-state index is 6.30. The summed E-state index contributed by atoms with van der Waals surface area (Å²) in [4.78, 5) is 20.7. The zero-order chi connectivity index (χ0) is 35.9. The molecule has 0 amide bonds. The van der Waals surface area contributed by atoms with Gasteiger partial charge in [0.15, 0.2) is 17.5 Å². The average molecular weight is 712 g/mol. The Kier molecular flexibility index (Phi) is 7.85. The van der Waals surface area contributed by atoms with Gasteiger partial charge in [-0.25, -0.2) is 15.0 Å². The van der Waals surface area contributed by atoms with Gasteiger partial charge in [-0.1, -0.05) is 133 Å². The van der Waals surface area contributed by atoms with E-state index in [2.05, 4.69) is 170 Å². The van der Waals surface area contributed by atoms with Gasteiger partial charge in [0.05, 0.1) is 0 Å². The Morgan fingerprint density at radius 1 is 0.352 bits per heavy atom. The number of hydrogen-bond donors (Lipinski definition) is 0. The van der Waals surface area contributed by atoms with Crippen LogP contribution in [-0.4, -0.2) is 15.0 Å². The van der Waals surface area contributed by atoms with Gasteiger partial charge in [-0.05, 0) is 77.5 Å². The number of rotatable bonds is 7. The Balaban J connectivity index is 1.24. The van der Waals surface area contributed by atoms with Gasteiger partial charge in [-0.2, -0.15) is 0 Å². The summed E-state index contributed by atoms with van der Waals surface area (Å²) in [6, 6.07) is 70.5. The molecule has 8 aromatic carbocycles. The number of para-hydroxylation sites is 1. The van der Waals surface area contributed by atoms with Crippen molar-refractivity contribution in [3.8, 4) is 34.2 Å². The fourth-order valence-corrected chi connectivity index (χ4v) is 11.5. The van der Waals surface area contributed by atoms with Crippen molar-refractivity contribution >= 4 is 42.7 Å². The van der Waals surface area contributed by atoms with Crippen LogP contribution in [0.3, 0.4) is 0 Å². The van der Waals surface area contributed by atoms with E-state index in [4.69, 9.17) is 19.4 Å². The molecule has 0 saturated carbocycles. The van der Waals surface area contributed by atoms with E-state index in [0.29, 0.717) is 17.5 Å². The van der Waals surface area contributed by atoms with Gasteiger partial charge in [-0.15, -0.1) is 10.0 Å². The molecule has 0 atom stereocenters. The van der Waals surface area contributed by atoms with Crippen molar-refractivity contribution < 1.29 is 4.42 Å². The normalized spacial score (nSPS) is 12.0. The second kappa shape index (κ2) is 13.3. The molecule has 0 aliphatic carbocycles. The van der Waals surface area contributed by atoms with E-state index in [0.717, 1.165) is 44.0 Å². The summed E-state index contributed by atoms with van der Waals surface area (Å²) in [6.45, 7) is 0. The van der Waals surface area contributed by atoms with E-state index >= 15 is 0 Å². The van der Waals surface area contributed by atoms with Gasteiger partial charge in [0.25, 0.3) is 0 Å². The van der Waals surface area contributed by atoms with Crippen LogP contribution in [0, 0.1) is 0 Å². The second-order valence-electron chi connectivity index (χ2n) is 13.2. The first kappa shape index (κ1) is 31.9. The Hall–Kier alpha value is -6.82. The van der Waals surface area contributed by atoms with Crippen molar-refractivity contribution in [1.29, 1.82) is 0 Å². The first-order valence-corrected chi connectivity index (χ1v) is 19.6. The van der Waals surface area contributed by atoms with Gasteiger partial charge in [-0.3, -0.25) is 0 Å². The molecule has 0 N–H and O–H groups in total. The molecule has 0 spiro atoms. The van der Waals surface area contributed by atoms with Crippen molar-refractivity contribution in [2.75, 3.05) is 0 Å². The van der Waals surface area contributed by atoms with Gasteiger partial charge in [0.1, 0.15) is 11.2 Å². The monoisotopic (exact) mass is 711 g/mol. The Labute approximate surface area is 314 Å². The summed E-state index contributed by atoms with van der Waals surface area (Å²) >= 11 is 0. The zero-order valence-corrected chi connectivity index (χ0v) is 30.0. The van der Waals surface area contributed by atoms with Crippen LogP contribution in [0.15, 0.2) is 224 Å². The predicted molar refractivity (Wildman–Crippen MR) is 221 cm³/mol. The van der Waals surface area contributed by atoms with E-state index in [1.165, 1.54) is 25.0 Å². The third-order valence-electron chi connectivity index (χ3n) is 10.0. The smallest absolute Gasteiger partial charge is 0.164 e. The van der Waals surface area contributed by atoms with Crippen LogP contribution in [0.5, 0.6) is 0 Å². The standard InChI is InChI=1S/C49H33N3OS/c1-4-19-38(20-5-1)54(39-21-6-2-7-22-39,40-23-8-3-9-24-40)41-25-14-18-36(33-41)47-50-48(37-31-30-34-16-10-11-17-35(34)32-37)52-49(51-47)43-27-15-29-45-46(43)42-26-12-13-28-44(42)53-45/h1-33H. The molecular formula is C49H33N3OS. The van der Waals surface area contributed by atoms with Crippen LogP contribution < -0.4 is 0 Å².